The molecule has 27 heavy (non-hydrogen) atoms. The Balaban J connectivity index is 1.20. The second kappa shape index (κ2) is 10.9. The zero-order valence-electron chi connectivity index (χ0n) is 18.0. The lowest BCUT2D eigenvalue weighted by Gasteiger charge is -2.30. The van der Waals surface area contributed by atoms with E-state index in [0.29, 0.717) is 0 Å². The zero-order chi connectivity index (χ0) is 18.3. The van der Waals surface area contributed by atoms with Gasteiger partial charge in [0.2, 0.25) is 0 Å². The predicted molar refractivity (Wildman–Crippen MR) is 121 cm³/mol. The zero-order valence-corrected chi connectivity index (χ0v) is 18.8. The third-order valence-electron chi connectivity index (χ3n) is 9.21. The Kier molecular flexibility index (Phi) is 8.35. The Morgan fingerprint density at radius 2 is 0.704 bits per heavy atom. The van der Waals surface area contributed by atoms with Gasteiger partial charge in [-0.25, -0.2) is 0 Å². The molecule has 0 unspecified atom stereocenters. The fourth-order valence-electron chi connectivity index (χ4n) is 7.80. The van der Waals surface area contributed by atoms with Gasteiger partial charge in [-0.1, -0.05) is 103 Å². The highest BCUT2D eigenvalue weighted by Gasteiger charge is 2.34. The van der Waals surface area contributed by atoms with Crippen LogP contribution < -0.4 is 0 Å². The van der Waals surface area contributed by atoms with Crippen LogP contribution in [0.4, 0.5) is 0 Å². The first-order valence-corrected chi connectivity index (χ1v) is 14.1. The normalized spacial score (nSPS) is 26.4. The van der Waals surface area contributed by atoms with Crippen molar-refractivity contribution in [2.45, 2.75) is 116 Å². The first-order valence-electron chi connectivity index (χ1n) is 13.0. The van der Waals surface area contributed by atoms with Crippen molar-refractivity contribution in [2.24, 2.45) is 35.5 Å². The molecule has 0 amide bonds. The largest absolute Gasteiger partial charge is 0.162 e. The van der Waals surface area contributed by atoms with E-state index in [9.17, 15) is 0 Å². The highest BCUT2D eigenvalue weighted by Crippen LogP contribution is 2.45. The van der Waals surface area contributed by atoms with E-state index in [1.165, 1.54) is 62.9 Å². The van der Waals surface area contributed by atoms with Crippen molar-refractivity contribution < 1.29 is 0 Å². The number of rotatable bonds is 10. The lowest BCUT2D eigenvalue weighted by molar-refractivity contribution is 0.223. The Hall–Kier alpha value is 0.350. The van der Waals surface area contributed by atoms with E-state index in [1.54, 1.807) is 64.2 Å². The molecule has 4 fully saturated rings. The van der Waals surface area contributed by atoms with E-state index in [-0.39, 0.29) is 0 Å². The maximum Gasteiger partial charge on any atom is -0.00647 e. The second-order valence-electron chi connectivity index (χ2n) is 10.7. The molecule has 0 radical (unpaired) electrons. The topological polar surface area (TPSA) is 0 Å². The monoisotopic (exact) mass is 390 g/mol. The van der Waals surface area contributed by atoms with E-state index < -0.39 is 0 Å². The first-order chi connectivity index (χ1) is 13.4. The predicted octanol–water partition coefficient (Wildman–Crippen LogP) is 8.49. The number of thioether (sulfide) groups is 1. The minimum Gasteiger partial charge on any atom is -0.162 e. The van der Waals surface area contributed by atoms with E-state index >= 15 is 0 Å². The van der Waals surface area contributed by atoms with Crippen molar-refractivity contribution in [1.82, 2.24) is 0 Å². The van der Waals surface area contributed by atoms with Crippen molar-refractivity contribution in [3.05, 3.63) is 0 Å². The van der Waals surface area contributed by atoms with Crippen LogP contribution in [0.5, 0.6) is 0 Å². The smallest absolute Gasteiger partial charge is 0.00647 e. The van der Waals surface area contributed by atoms with Crippen LogP contribution >= 0.6 is 11.8 Å². The third kappa shape index (κ3) is 5.70. The lowest BCUT2D eigenvalue weighted by atomic mass is 9.78. The summed E-state index contributed by atoms with van der Waals surface area (Å²) in [5.41, 5.74) is 0. The molecule has 0 heterocycles. The van der Waals surface area contributed by atoms with Crippen LogP contribution in [0.15, 0.2) is 0 Å². The molecule has 0 nitrogen and oxygen atoms in total. The van der Waals surface area contributed by atoms with Crippen molar-refractivity contribution in [1.29, 1.82) is 0 Å². The summed E-state index contributed by atoms with van der Waals surface area (Å²) in [6, 6.07) is 0. The van der Waals surface area contributed by atoms with Crippen LogP contribution in [-0.2, 0) is 0 Å². The fourth-order valence-corrected chi connectivity index (χ4v) is 8.88. The van der Waals surface area contributed by atoms with Gasteiger partial charge < -0.3 is 0 Å². The minimum atomic E-state index is 1.10. The molecule has 0 aromatic carbocycles. The van der Waals surface area contributed by atoms with Crippen LogP contribution in [0.2, 0.25) is 0 Å². The van der Waals surface area contributed by atoms with Crippen LogP contribution in [0.25, 0.3) is 0 Å². The second-order valence-corrected chi connectivity index (χ2v) is 11.9. The van der Waals surface area contributed by atoms with Crippen molar-refractivity contribution in [2.75, 3.05) is 11.5 Å². The molecule has 4 aliphatic carbocycles. The summed E-state index contributed by atoms with van der Waals surface area (Å²) in [5, 5.41) is 0. The van der Waals surface area contributed by atoms with Crippen LogP contribution in [-0.4, -0.2) is 11.5 Å². The average Bonchev–Trinajstić information content (AvgIpc) is 3.51. The summed E-state index contributed by atoms with van der Waals surface area (Å²) in [4.78, 5) is 0. The number of hydrogen-bond acceptors (Lipinski definition) is 1. The van der Waals surface area contributed by atoms with Gasteiger partial charge in [-0.3, -0.25) is 0 Å². The Labute approximate surface area is 174 Å². The van der Waals surface area contributed by atoms with Crippen molar-refractivity contribution in [3.8, 4) is 0 Å². The Morgan fingerprint density at radius 3 is 0.963 bits per heavy atom. The average molecular weight is 391 g/mol. The minimum absolute atomic E-state index is 1.10. The van der Waals surface area contributed by atoms with Gasteiger partial charge >= 0.3 is 0 Å². The molecule has 0 aliphatic heterocycles. The quantitative estimate of drug-likeness (QED) is 0.337. The highest BCUT2D eigenvalue weighted by atomic mass is 32.2. The van der Waals surface area contributed by atoms with Gasteiger partial charge in [0.1, 0.15) is 0 Å². The van der Waals surface area contributed by atoms with E-state index in [4.69, 9.17) is 0 Å². The molecule has 4 aliphatic rings. The molecule has 0 spiro atoms. The molecule has 0 aromatic heterocycles. The van der Waals surface area contributed by atoms with Gasteiger partial charge in [0.05, 0.1) is 0 Å². The molecule has 0 saturated heterocycles. The molecular weight excluding hydrogens is 344 g/mol. The Bertz CT molecular complexity index is 324. The highest BCUT2D eigenvalue weighted by molar-refractivity contribution is 7.99. The summed E-state index contributed by atoms with van der Waals surface area (Å²) in [5.74, 6) is 9.58. The summed E-state index contributed by atoms with van der Waals surface area (Å²) in [6.07, 6.45) is 27.9. The van der Waals surface area contributed by atoms with Gasteiger partial charge in [0, 0.05) is 0 Å². The number of hydrogen-bond donors (Lipinski definition) is 0. The van der Waals surface area contributed by atoms with Crippen LogP contribution in [0, 0.1) is 35.5 Å². The first kappa shape index (κ1) is 20.6. The molecule has 4 saturated carbocycles. The van der Waals surface area contributed by atoms with Crippen molar-refractivity contribution >= 4 is 11.8 Å². The summed E-state index contributed by atoms with van der Waals surface area (Å²) in [6.45, 7) is 0. The van der Waals surface area contributed by atoms with Gasteiger partial charge in [0.15, 0.2) is 0 Å². The third-order valence-corrected chi connectivity index (χ3v) is 10.3. The molecular formula is C26H46S. The van der Waals surface area contributed by atoms with Gasteiger partial charge in [-0.15, -0.1) is 0 Å². The maximum atomic E-state index is 2.35. The van der Waals surface area contributed by atoms with Crippen LogP contribution in [0.3, 0.4) is 0 Å². The van der Waals surface area contributed by atoms with E-state index in [1.807, 2.05) is 0 Å². The summed E-state index contributed by atoms with van der Waals surface area (Å²) in [7, 11) is 0. The molecule has 0 atom stereocenters. The van der Waals surface area contributed by atoms with Gasteiger partial charge in [-0.05, 0) is 59.9 Å². The van der Waals surface area contributed by atoms with E-state index in [2.05, 4.69) is 11.8 Å². The van der Waals surface area contributed by atoms with Gasteiger partial charge in [-0.2, -0.15) is 11.8 Å². The molecule has 0 N–H and O–H groups in total. The summed E-state index contributed by atoms with van der Waals surface area (Å²) >= 11 is 2.35. The van der Waals surface area contributed by atoms with Crippen LogP contribution in [0.1, 0.15) is 116 Å². The summed E-state index contributed by atoms with van der Waals surface area (Å²) < 4.78 is 0. The van der Waals surface area contributed by atoms with Gasteiger partial charge in [0.25, 0.3) is 0 Å². The molecule has 0 aromatic rings. The maximum absolute atomic E-state index is 2.35. The Morgan fingerprint density at radius 1 is 0.444 bits per heavy atom. The standard InChI is InChI=1S/C26H46S/c1-2-10-21(9-1)25(22-11-3-4-12-22)17-19-27-20-18-26(23-13-5-6-14-23)24-15-7-8-16-24/h21-26H,1-20H2. The molecule has 156 valence electrons. The van der Waals surface area contributed by atoms with Crippen molar-refractivity contribution in [3.63, 3.8) is 0 Å². The lowest BCUT2D eigenvalue weighted by Crippen LogP contribution is -2.22. The molecule has 0 bridgehead atoms. The SMILES string of the molecule is C1CCC(C(CCSCCC(C2CCCC2)C2CCCC2)C2CCCC2)C1. The molecule has 4 rings (SSSR count). The fraction of sp³-hybridized carbons (Fsp3) is 1.00. The molecule has 1 heteroatoms. The van der Waals surface area contributed by atoms with E-state index in [0.717, 1.165) is 35.5 Å².